The molecule has 1 aliphatic heterocycles. The van der Waals surface area contributed by atoms with E-state index in [0.29, 0.717) is 0 Å². The Kier molecular flexibility index (Phi) is 2.88. The van der Waals surface area contributed by atoms with Gasteiger partial charge in [0.05, 0.1) is 6.54 Å². The van der Waals surface area contributed by atoms with E-state index < -0.39 is 0 Å². The first kappa shape index (κ1) is 10.2. The Morgan fingerprint density at radius 1 is 1.31 bits per heavy atom. The Morgan fingerprint density at radius 3 is 2.88 bits per heavy atom. The van der Waals surface area contributed by atoms with Crippen molar-refractivity contribution in [2.24, 2.45) is 5.92 Å². The van der Waals surface area contributed by atoms with Crippen LogP contribution in [0.4, 0.5) is 0 Å². The van der Waals surface area contributed by atoms with Crippen molar-refractivity contribution in [3.8, 4) is 0 Å². The Balaban J connectivity index is 1.54. The second kappa shape index (κ2) is 4.51. The maximum absolute atomic E-state index is 5.25. The van der Waals surface area contributed by atoms with E-state index in [1.54, 1.807) is 0 Å². The minimum Gasteiger partial charge on any atom is -0.339 e. The fourth-order valence-electron chi connectivity index (χ4n) is 2.08. The van der Waals surface area contributed by atoms with Gasteiger partial charge in [0.25, 0.3) is 0 Å². The van der Waals surface area contributed by atoms with Crippen LogP contribution >= 0.6 is 0 Å². The lowest BCUT2D eigenvalue weighted by Crippen LogP contribution is -2.43. The van der Waals surface area contributed by atoms with Crippen molar-refractivity contribution < 1.29 is 4.52 Å². The van der Waals surface area contributed by atoms with Gasteiger partial charge in [-0.3, -0.25) is 4.90 Å². The maximum atomic E-state index is 5.25. The molecule has 0 amide bonds. The molecule has 2 fully saturated rings. The highest BCUT2D eigenvalue weighted by molar-refractivity contribution is 4.91. The molecule has 1 aromatic rings. The average molecular weight is 222 g/mol. The van der Waals surface area contributed by atoms with E-state index in [4.69, 9.17) is 4.52 Å². The predicted molar refractivity (Wildman–Crippen MR) is 58.9 cm³/mol. The topological polar surface area (TPSA) is 54.2 Å². The van der Waals surface area contributed by atoms with Crippen molar-refractivity contribution in [3.63, 3.8) is 0 Å². The minimum atomic E-state index is 0.812. The Morgan fingerprint density at radius 2 is 2.12 bits per heavy atom. The second-order valence-corrected chi connectivity index (χ2v) is 4.78. The molecule has 1 aromatic heterocycles. The van der Waals surface area contributed by atoms with Crippen LogP contribution < -0.4 is 5.32 Å². The molecule has 0 radical (unpaired) electrons. The van der Waals surface area contributed by atoms with Crippen LogP contribution in [0, 0.1) is 5.92 Å². The monoisotopic (exact) mass is 222 g/mol. The first-order valence-corrected chi connectivity index (χ1v) is 6.15. The summed E-state index contributed by atoms with van der Waals surface area (Å²) in [6, 6.07) is 0. The fraction of sp³-hybridized carbons (Fsp3) is 0.818. The second-order valence-electron chi connectivity index (χ2n) is 4.78. The van der Waals surface area contributed by atoms with Crippen LogP contribution in [0.25, 0.3) is 0 Å². The SMILES string of the molecule is C1CN(Cc2noc(CC3CC3)n2)CCN1. The number of aromatic nitrogens is 2. The Labute approximate surface area is 95.2 Å². The lowest BCUT2D eigenvalue weighted by molar-refractivity contribution is 0.224. The van der Waals surface area contributed by atoms with Gasteiger partial charge in [-0.15, -0.1) is 0 Å². The molecule has 5 nitrogen and oxygen atoms in total. The molecular formula is C11H18N4O. The lowest BCUT2D eigenvalue weighted by atomic mass is 10.3. The maximum Gasteiger partial charge on any atom is 0.226 e. The third-order valence-corrected chi connectivity index (χ3v) is 3.25. The van der Waals surface area contributed by atoms with Crippen LogP contribution in [0.2, 0.25) is 0 Å². The largest absolute Gasteiger partial charge is 0.339 e. The van der Waals surface area contributed by atoms with E-state index in [9.17, 15) is 0 Å². The van der Waals surface area contributed by atoms with Gasteiger partial charge in [-0.1, -0.05) is 5.16 Å². The predicted octanol–water partition coefficient (Wildman–Crippen LogP) is 0.427. The summed E-state index contributed by atoms with van der Waals surface area (Å²) < 4.78 is 5.25. The van der Waals surface area contributed by atoms with E-state index >= 15 is 0 Å². The van der Waals surface area contributed by atoms with Gasteiger partial charge in [0, 0.05) is 32.6 Å². The van der Waals surface area contributed by atoms with Crippen molar-refractivity contribution in [2.75, 3.05) is 26.2 Å². The molecule has 1 saturated heterocycles. The molecule has 88 valence electrons. The van der Waals surface area contributed by atoms with Gasteiger partial charge < -0.3 is 9.84 Å². The first-order valence-electron chi connectivity index (χ1n) is 6.15. The summed E-state index contributed by atoms with van der Waals surface area (Å²) in [5.74, 6) is 2.48. The van der Waals surface area contributed by atoms with Gasteiger partial charge in [-0.25, -0.2) is 0 Å². The molecule has 1 N–H and O–H groups in total. The zero-order chi connectivity index (χ0) is 10.8. The zero-order valence-corrected chi connectivity index (χ0v) is 9.48. The molecule has 0 aromatic carbocycles. The highest BCUT2D eigenvalue weighted by Gasteiger charge is 2.24. The number of nitrogens with zero attached hydrogens (tertiary/aromatic N) is 3. The molecule has 16 heavy (non-hydrogen) atoms. The Bertz CT molecular complexity index is 342. The fourth-order valence-corrected chi connectivity index (χ4v) is 2.08. The molecular weight excluding hydrogens is 204 g/mol. The van der Waals surface area contributed by atoms with Crippen LogP contribution in [0.5, 0.6) is 0 Å². The summed E-state index contributed by atoms with van der Waals surface area (Å²) in [5, 5.41) is 7.38. The summed E-state index contributed by atoms with van der Waals surface area (Å²) in [5.41, 5.74) is 0. The van der Waals surface area contributed by atoms with Gasteiger partial charge >= 0.3 is 0 Å². The highest BCUT2D eigenvalue weighted by atomic mass is 16.5. The number of hydrogen-bond acceptors (Lipinski definition) is 5. The van der Waals surface area contributed by atoms with Crippen molar-refractivity contribution >= 4 is 0 Å². The molecule has 0 spiro atoms. The minimum absolute atomic E-state index is 0.812. The van der Waals surface area contributed by atoms with Crippen molar-refractivity contribution in [2.45, 2.75) is 25.8 Å². The zero-order valence-electron chi connectivity index (χ0n) is 9.48. The standard InChI is InChI=1S/C11H18N4O/c1-2-9(1)7-11-13-10(14-16-11)8-15-5-3-12-4-6-15/h9,12H,1-8H2. The summed E-state index contributed by atoms with van der Waals surface area (Å²) in [6.45, 7) is 5.11. The van der Waals surface area contributed by atoms with E-state index in [2.05, 4.69) is 20.4 Å². The van der Waals surface area contributed by atoms with E-state index in [1.807, 2.05) is 0 Å². The van der Waals surface area contributed by atoms with E-state index in [0.717, 1.165) is 56.8 Å². The third-order valence-electron chi connectivity index (χ3n) is 3.25. The quantitative estimate of drug-likeness (QED) is 0.800. The summed E-state index contributed by atoms with van der Waals surface area (Å²) in [6.07, 6.45) is 3.64. The average Bonchev–Trinajstić information content (AvgIpc) is 3.01. The number of piperazine rings is 1. The van der Waals surface area contributed by atoms with Gasteiger partial charge in [0.15, 0.2) is 5.82 Å². The molecule has 5 heteroatoms. The number of hydrogen-bond donors (Lipinski definition) is 1. The Hall–Kier alpha value is -0.940. The molecule has 1 aliphatic carbocycles. The van der Waals surface area contributed by atoms with Crippen molar-refractivity contribution in [1.82, 2.24) is 20.4 Å². The molecule has 0 atom stereocenters. The molecule has 0 unspecified atom stereocenters. The molecule has 2 aliphatic rings. The van der Waals surface area contributed by atoms with Crippen LogP contribution in [0.1, 0.15) is 24.6 Å². The van der Waals surface area contributed by atoms with E-state index in [1.165, 1.54) is 12.8 Å². The van der Waals surface area contributed by atoms with Crippen LogP contribution in [-0.4, -0.2) is 41.2 Å². The molecule has 1 saturated carbocycles. The summed E-state index contributed by atoms with van der Waals surface area (Å²) >= 11 is 0. The molecule has 2 heterocycles. The smallest absolute Gasteiger partial charge is 0.226 e. The van der Waals surface area contributed by atoms with Crippen LogP contribution in [0.3, 0.4) is 0 Å². The first-order chi connectivity index (χ1) is 7.90. The van der Waals surface area contributed by atoms with Crippen molar-refractivity contribution in [1.29, 1.82) is 0 Å². The normalized spacial score (nSPS) is 22.5. The van der Waals surface area contributed by atoms with Gasteiger partial charge in [-0.2, -0.15) is 4.98 Å². The number of rotatable bonds is 4. The van der Waals surface area contributed by atoms with Crippen molar-refractivity contribution in [3.05, 3.63) is 11.7 Å². The molecule has 0 bridgehead atoms. The third kappa shape index (κ3) is 2.59. The van der Waals surface area contributed by atoms with Gasteiger partial charge in [0.2, 0.25) is 5.89 Å². The summed E-state index contributed by atoms with van der Waals surface area (Å²) in [7, 11) is 0. The van der Waals surface area contributed by atoms with Gasteiger partial charge in [0.1, 0.15) is 0 Å². The van der Waals surface area contributed by atoms with Gasteiger partial charge in [-0.05, 0) is 18.8 Å². The van der Waals surface area contributed by atoms with E-state index in [-0.39, 0.29) is 0 Å². The number of nitrogens with one attached hydrogen (secondary N) is 1. The van der Waals surface area contributed by atoms with Crippen LogP contribution in [0.15, 0.2) is 4.52 Å². The molecule has 3 rings (SSSR count). The summed E-state index contributed by atoms with van der Waals surface area (Å²) in [4.78, 5) is 6.81. The highest BCUT2D eigenvalue weighted by Crippen LogP contribution is 2.31. The van der Waals surface area contributed by atoms with Crippen LogP contribution in [-0.2, 0) is 13.0 Å². The lowest BCUT2D eigenvalue weighted by Gasteiger charge is -2.25.